The van der Waals surface area contributed by atoms with Gasteiger partial charge in [0.2, 0.25) is 0 Å². The highest BCUT2D eigenvalue weighted by molar-refractivity contribution is 9.10. The molecule has 66 valence electrons. The first-order valence-electron chi connectivity index (χ1n) is 3.19. The fourth-order valence-corrected chi connectivity index (χ4v) is 1.43. The summed E-state index contributed by atoms with van der Waals surface area (Å²) in [5, 5.41) is 17.7. The van der Waals surface area contributed by atoms with Crippen molar-refractivity contribution in [1.82, 2.24) is 0 Å². The van der Waals surface area contributed by atoms with Gasteiger partial charge in [0.1, 0.15) is 6.07 Å². The van der Waals surface area contributed by atoms with Crippen molar-refractivity contribution >= 4 is 33.5 Å². The minimum absolute atomic E-state index is 0.0417. The van der Waals surface area contributed by atoms with Crippen molar-refractivity contribution in [2.75, 3.05) is 0 Å². The number of carboxylic acid groups (broad SMARTS) is 1. The largest absolute Gasteiger partial charge is 0.478 e. The van der Waals surface area contributed by atoms with Crippen molar-refractivity contribution in [1.29, 1.82) is 5.26 Å². The monoisotopic (exact) mass is 259 g/mol. The third-order valence-corrected chi connectivity index (χ3v) is 2.80. The Morgan fingerprint density at radius 1 is 1.62 bits per heavy atom. The van der Waals surface area contributed by atoms with E-state index in [1.807, 2.05) is 0 Å². The second-order valence-electron chi connectivity index (χ2n) is 2.20. The van der Waals surface area contributed by atoms with E-state index in [0.717, 1.165) is 0 Å². The summed E-state index contributed by atoms with van der Waals surface area (Å²) in [5.41, 5.74) is -0.0150. The second-order valence-corrected chi connectivity index (χ2v) is 3.40. The van der Waals surface area contributed by atoms with Crippen LogP contribution in [0.3, 0.4) is 0 Å². The number of benzene rings is 1. The molecule has 1 aromatic rings. The highest BCUT2D eigenvalue weighted by atomic mass is 79.9. The van der Waals surface area contributed by atoms with Crippen LogP contribution < -0.4 is 0 Å². The van der Waals surface area contributed by atoms with Gasteiger partial charge in [0.25, 0.3) is 0 Å². The van der Waals surface area contributed by atoms with Gasteiger partial charge in [-0.25, -0.2) is 4.79 Å². The van der Waals surface area contributed by atoms with E-state index in [1.54, 1.807) is 6.07 Å². The zero-order valence-electron chi connectivity index (χ0n) is 6.21. The molecule has 0 heterocycles. The number of hydrogen-bond donors (Lipinski definition) is 1. The quantitative estimate of drug-likeness (QED) is 0.844. The Balaban J connectivity index is 3.50. The van der Waals surface area contributed by atoms with Crippen LogP contribution in [0.4, 0.5) is 0 Å². The molecular formula is C8H3BrClNO2. The van der Waals surface area contributed by atoms with Gasteiger partial charge >= 0.3 is 5.97 Å². The Morgan fingerprint density at radius 3 is 2.69 bits per heavy atom. The van der Waals surface area contributed by atoms with E-state index in [1.165, 1.54) is 12.1 Å². The molecule has 13 heavy (non-hydrogen) atoms. The molecule has 0 atom stereocenters. The van der Waals surface area contributed by atoms with Crippen molar-refractivity contribution < 1.29 is 9.90 Å². The molecule has 0 amide bonds. The van der Waals surface area contributed by atoms with Gasteiger partial charge < -0.3 is 5.11 Å². The molecule has 3 nitrogen and oxygen atoms in total. The Labute approximate surface area is 87.7 Å². The van der Waals surface area contributed by atoms with E-state index in [2.05, 4.69) is 15.9 Å². The summed E-state index contributed by atoms with van der Waals surface area (Å²) >= 11 is 8.72. The third-order valence-electron chi connectivity index (χ3n) is 1.44. The number of rotatable bonds is 1. The van der Waals surface area contributed by atoms with Crippen LogP contribution in [-0.4, -0.2) is 11.1 Å². The molecule has 0 radical (unpaired) electrons. The molecule has 0 saturated carbocycles. The highest BCUT2D eigenvalue weighted by Crippen LogP contribution is 2.28. The molecule has 0 fully saturated rings. The summed E-state index contributed by atoms with van der Waals surface area (Å²) in [6.45, 7) is 0. The number of hydrogen-bond acceptors (Lipinski definition) is 2. The van der Waals surface area contributed by atoms with E-state index in [4.69, 9.17) is 22.0 Å². The smallest absolute Gasteiger partial charge is 0.337 e. The maximum absolute atomic E-state index is 10.6. The SMILES string of the molecule is N#Cc1c(C(=O)O)ccc(Cl)c1Br. The lowest BCUT2D eigenvalue weighted by Gasteiger charge is -2.01. The summed E-state index contributed by atoms with van der Waals surface area (Å²) in [7, 11) is 0. The van der Waals surface area contributed by atoms with E-state index in [9.17, 15) is 4.79 Å². The topological polar surface area (TPSA) is 61.1 Å². The summed E-state index contributed by atoms with van der Waals surface area (Å²) in [6.07, 6.45) is 0. The van der Waals surface area contributed by atoms with Gasteiger partial charge in [0.05, 0.1) is 20.6 Å². The molecule has 0 aliphatic carbocycles. The first kappa shape index (κ1) is 10.0. The fourth-order valence-electron chi connectivity index (χ4n) is 0.838. The van der Waals surface area contributed by atoms with Gasteiger partial charge in [0.15, 0.2) is 0 Å². The molecule has 0 aliphatic heterocycles. The summed E-state index contributed by atoms with van der Waals surface area (Å²) < 4.78 is 0.316. The molecule has 0 unspecified atom stereocenters. The number of carbonyl (C=O) groups is 1. The van der Waals surface area contributed by atoms with Crippen LogP contribution in [0.5, 0.6) is 0 Å². The van der Waals surface area contributed by atoms with Crippen LogP contribution in [0.15, 0.2) is 16.6 Å². The van der Waals surface area contributed by atoms with Gasteiger partial charge in [-0.3, -0.25) is 0 Å². The molecule has 5 heteroatoms. The number of aromatic carboxylic acids is 1. The normalized spacial score (nSPS) is 9.31. The first-order valence-corrected chi connectivity index (χ1v) is 4.36. The lowest BCUT2D eigenvalue weighted by Crippen LogP contribution is -2.00. The Hall–Kier alpha value is -1.05. The Kier molecular flexibility index (Phi) is 2.91. The van der Waals surface area contributed by atoms with Crippen molar-refractivity contribution in [3.8, 4) is 6.07 Å². The highest BCUT2D eigenvalue weighted by Gasteiger charge is 2.14. The van der Waals surface area contributed by atoms with Crippen molar-refractivity contribution in [3.63, 3.8) is 0 Å². The van der Waals surface area contributed by atoms with Crippen molar-refractivity contribution in [2.24, 2.45) is 0 Å². The van der Waals surface area contributed by atoms with Crippen molar-refractivity contribution in [2.45, 2.75) is 0 Å². The van der Waals surface area contributed by atoms with E-state index in [0.29, 0.717) is 9.50 Å². The molecule has 1 rings (SSSR count). The molecule has 1 aromatic carbocycles. The van der Waals surface area contributed by atoms with E-state index < -0.39 is 5.97 Å². The fraction of sp³-hybridized carbons (Fsp3) is 0. The summed E-state index contributed by atoms with van der Waals surface area (Å²) in [5.74, 6) is -1.14. The minimum atomic E-state index is -1.14. The molecule has 1 N–H and O–H groups in total. The maximum atomic E-state index is 10.6. The average Bonchev–Trinajstić information content (AvgIpc) is 2.09. The van der Waals surface area contributed by atoms with Crippen LogP contribution >= 0.6 is 27.5 Å². The van der Waals surface area contributed by atoms with Gasteiger partial charge in [-0.1, -0.05) is 11.6 Å². The lowest BCUT2D eigenvalue weighted by atomic mass is 10.1. The molecule has 0 saturated heterocycles. The number of nitriles is 1. The number of nitrogens with zero attached hydrogens (tertiary/aromatic N) is 1. The minimum Gasteiger partial charge on any atom is -0.478 e. The van der Waals surface area contributed by atoms with Gasteiger partial charge in [-0.2, -0.15) is 5.26 Å². The van der Waals surface area contributed by atoms with E-state index >= 15 is 0 Å². The Morgan fingerprint density at radius 2 is 2.23 bits per heavy atom. The predicted octanol–water partition coefficient (Wildman–Crippen LogP) is 2.67. The first-order chi connectivity index (χ1) is 6.07. The zero-order valence-corrected chi connectivity index (χ0v) is 8.56. The van der Waals surface area contributed by atoms with E-state index in [-0.39, 0.29) is 11.1 Å². The summed E-state index contributed by atoms with van der Waals surface area (Å²) in [6, 6.07) is 4.50. The zero-order chi connectivity index (χ0) is 10.0. The molecule has 0 aliphatic rings. The predicted molar refractivity (Wildman–Crippen MR) is 50.8 cm³/mol. The lowest BCUT2D eigenvalue weighted by molar-refractivity contribution is 0.0696. The van der Waals surface area contributed by atoms with Gasteiger partial charge in [-0.15, -0.1) is 0 Å². The standard InChI is InChI=1S/C8H3BrClNO2/c9-7-5(3-11)4(8(12)13)1-2-6(7)10/h1-2H,(H,12,13). The third kappa shape index (κ3) is 1.82. The number of halogens is 2. The molecule has 0 bridgehead atoms. The average molecular weight is 260 g/mol. The van der Waals surface area contributed by atoms with Crippen LogP contribution in [-0.2, 0) is 0 Å². The Bertz CT molecular complexity index is 411. The van der Waals surface area contributed by atoms with Crippen molar-refractivity contribution in [3.05, 3.63) is 32.8 Å². The summed E-state index contributed by atoms with van der Waals surface area (Å²) in [4.78, 5) is 10.6. The molecular weight excluding hydrogens is 257 g/mol. The van der Waals surface area contributed by atoms with Gasteiger partial charge in [0, 0.05) is 0 Å². The van der Waals surface area contributed by atoms with Crippen LogP contribution in [0, 0.1) is 11.3 Å². The van der Waals surface area contributed by atoms with Crippen LogP contribution in [0.25, 0.3) is 0 Å². The van der Waals surface area contributed by atoms with Crippen LogP contribution in [0.1, 0.15) is 15.9 Å². The van der Waals surface area contributed by atoms with Gasteiger partial charge in [-0.05, 0) is 28.1 Å². The second kappa shape index (κ2) is 3.77. The molecule has 0 aromatic heterocycles. The molecule has 0 spiro atoms. The number of carboxylic acids is 1. The maximum Gasteiger partial charge on any atom is 0.337 e. The van der Waals surface area contributed by atoms with Crippen LogP contribution in [0.2, 0.25) is 5.02 Å².